The molecule has 0 radical (unpaired) electrons. The third kappa shape index (κ3) is 5.78. The Morgan fingerprint density at radius 1 is 0.486 bits per heavy atom. The molecule has 0 aromatic carbocycles. The van der Waals surface area contributed by atoms with E-state index in [1.54, 1.807) is 0 Å². The van der Waals surface area contributed by atoms with E-state index in [0.29, 0.717) is 0 Å². The second-order valence-electron chi connectivity index (χ2n) is 8.55. The van der Waals surface area contributed by atoms with Crippen LogP contribution in [-0.2, 0) is 28.4 Å². The highest BCUT2D eigenvalue weighted by atomic mass is 16.8. The predicted molar refractivity (Wildman–Crippen MR) is 106 cm³/mol. The van der Waals surface area contributed by atoms with Gasteiger partial charge in [-0.25, -0.2) is 0 Å². The van der Waals surface area contributed by atoms with Gasteiger partial charge >= 0.3 is 0 Å². The number of hydrogen-bond acceptors (Lipinski definition) is 16. The fourth-order valence-corrected chi connectivity index (χ4v) is 4.24. The molecule has 15 atom stereocenters. The number of rotatable bonds is 8. The average molecular weight is 518 g/mol. The molecule has 3 saturated heterocycles. The van der Waals surface area contributed by atoms with Gasteiger partial charge in [0.25, 0.3) is 0 Å². The molecule has 16 heteroatoms. The quantitative estimate of drug-likeness (QED) is 0.143. The van der Waals surface area contributed by atoms with E-state index in [1.165, 1.54) is 7.11 Å². The highest BCUT2D eigenvalue weighted by Crippen LogP contribution is 2.32. The van der Waals surface area contributed by atoms with Crippen molar-refractivity contribution < 1.29 is 79.5 Å². The lowest BCUT2D eigenvalue weighted by molar-refractivity contribution is -0.378. The van der Waals surface area contributed by atoms with Gasteiger partial charge in [-0.1, -0.05) is 0 Å². The lowest BCUT2D eigenvalue weighted by atomic mass is 9.96. The van der Waals surface area contributed by atoms with Crippen molar-refractivity contribution in [3.05, 3.63) is 0 Å². The van der Waals surface area contributed by atoms with Crippen LogP contribution in [0, 0.1) is 0 Å². The molecule has 0 aliphatic carbocycles. The summed E-state index contributed by atoms with van der Waals surface area (Å²) in [4.78, 5) is 0. The molecular weight excluding hydrogens is 484 g/mol. The van der Waals surface area contributed by atoms with E-state index in [9.17, 15) is 51.1 Å². The highest BCUT2D eigenvalue weighted by molar-refractivity contribution is 4.96. The van der Waals surface area contributed by atoms with Crippen LogP contribution in [0.25, 0.3) is 0 Å². The maximum Gasteiger partial charge on any atom is 0.187 e. The summed E-state index contributed by atoms with van der Waals surface area (Å²) in [5.41, 5.74) is 0. The molecule has 0 saturated carbocycles. The normalized spacial score (nSPS) is 51.3. The molecule has 0 bridgehead atoms. The van der Waals surface area contributed by atoms with Crippen LogP contribution in [0.4, 0.5) is 0 Å². The summed E-state index contributed by atoms with van der Waals surface area (Å²) < 4.78 is 31.9. The van der Waals surface area contributed by atoms with E-state index in [-0.39, 0.29) is 0 Å². The summed E-state index contributed by atoms with van der Waals surface area (Å²) in [6.07, 6.45) is -23.8. The summed E-state index contributed by atoms with van der Waals surface area (Å²) >= 11 is 0. The minimum absolute atomic E-state index is 0.675. The molecule has 35 heavy (non-hydrogen) atoms. The van der Waals surface area contributed by atoms with E-state index in [4.69, 9.17) is 28.4 Å². The first kappa shape index (κ1) is 28.9. The zero-order chi connectivity index (χ0) is 26.0. The van der Waals surface area contributed by atoms with Crippen LogP contribution in [0.5, 0.6) is 0 Å². The van der Waals surface area contributed by atoms with Crippen molar-refractivity contribution in [2.45, 2.75) is 92.1 Å². The number of aliphatic hydroxyl groups excluding tert-OH is 10. The van der Waals surface area contributed by atoms with Gasteiger partial charge in [0.1, 0.15) is 73.2 Å². The Morgan fingerprint density at radius 2 is 0.857 bits per heavy atom. The average Bonchev–Trinajstić information content (AvgIpc) is 2.86. The minimum Gasteiger partial charge on any atom is -0.394 e. The molecule has 10 N–H and O–H groups in total. The van der Waals surface area contributed by atoms with Crippen LogP contribution >= 0.6 is 0 Å². The first-order valence-electron chi connectivity index (χ1n) is 11.0. The van der Waals surface area contributed by atoms with E-state index in [0.717, 1.165) is 0 Å². The Labute approximate surface area is 199 Å². The third-order valence-electron chi connectivity index (χ3n) is 6.30. The molecule has 3 aliphatic heterocycles. The van der Waals surface area contributed by atoms with Crippen molar-refractivity contribution >= 4 is 0 Å². The lowest BCUT2D eigenvalue weighted by Crippen LogP contribution is -2.66. The fraction of sp³-hybridized carbons (Fsp3) is 1.00. The van der Waals surface area contributed by atoms with E-state index in [1.807, 2.05) is 0 Å². The van der Waals surface area contributed by atoms with Crippen LogP contribution in [0.2, 0.25) is 0 Å². The van der Waals surface area contributed by atoms with E-state index < -0.39 is 112 Å². The van der Waals surface area contributed by atoms with Gasteiger partial charge in [-0.2, -0.15) is 0 Å². The SMILES string of the molecule is CO[C@@H]1O[C@H](CO)[C@@H](O[C@@H]2O[C@H](CO)[C@@H](O[C@@H]3O[C@H](CO)[C@@H](O)[C@H](O)[C@H]3O)[C@H](O)[C@H]2O)[C@H](O)[C@H]1O. The van der Waals surface area contributed by atoms with Gasteiger partial charge in [-0.05, 0) is 0 Å². The second-order valence-corrected chi connectivity index (χ2v) is 8.55. The predicted octanol–water partition coefficient (Wildman–Crippen LogP) is -6.92. The van der Waals surface area contributed by atoms with Gasteiger partial charge < -0.3 is 79.5 Å². The smallest absolute Gasteiger partial charge is 0.187 e. The molecule has 0 spiro atoms. The van der Waals surface area contributed by atoms with Crippen molar-refractivity contribution in [2.75, 3.05) is 26.9 Å². The summed E-state index contributed by atoms with van der Waals surface area (Å²) in [5, 5.41) is 100. The Bertz CT molecular complexity index is 650. The summed E-state index contributed by atoms with van der Waals surface area (Å²) in [6.45, 7) is -2.21. The van der Waals surface area contributed by atoms with Gasteiger partial charge in [0.15, 0.2) is 18.9 Å². The molecule has 0 aromatic heterocycles. The number of hydrogen-bond donors (Lipinski definition) is 10. The van der Waals surface area contributed by atoms with Gasteiger partial charge in [-0.3, -0.25) is 0 Å². The Hall–Kier alpha value is -0.640. The molecular formula is C19H34O16. The molecule has 3 rings (SSSR count). The molecule has 0 aromatic rings. The van der Waals surface area contributed by atoms with Crippen molar-refractivity contribution in [1.82, 2.24) is 0 Å². The monoisotopic (exact) mass is 518 g/mol. The topological polar surface area (TPSA) is 258 Å². The van der Waals surface area contributed by atoms with Crippen LogP contribution in [0.15, 0.2) is 0 Å². The Kier molecular flexibility index (Phi) is 10.1. The molecule has 3 aliphatic rings. The lowest BCUT2D eigenvalue weighted by Gasteiger charge is -2.48. The Morgan fingerprint density at radius 3 is 1.29 bits per heavy atom. The maximum absolute atomic E-state index is 10.7. The standard InChI is InChI=1S/C19H34O16/c1-30-17-13(28)10(25)15(6(3-21)32-17)35-19-14(29)11(26)16(7(4-22)33-19)34-18-12(27)9(24)8(23)5(2-20)31-18/h5-29H,2-4H2,1H3/t5-,6-,7-,8-,9+,10-,11-,12-,13-,14-,15-,16-,17-,18+,19+/m1/s1. The van der Waals surface area contributed by atoms with Gasteiger partial charge in [0, 0.05) is 7.11 Å². The summed E-state index contributed by atoms with van der Waals surface area (Å²) in [6, 6.07) is 0. The van der Waals surface area contributed by atoms with Crippen molar-refractivity contribution in [3.8, 4) is 0 Å². The summed E-state index contributed by atoms with van der Waals surface area (Å²) in [5.74, 6) is 0. The van der Waals surface area contributed by atoms with Crippen molar-refractivity contribution in [2.24, 2.45) is 0 Å². The zero-order valence-corrected chi connectivity index (χ0v) is 18.7. The zero-order valence-electron chi connectivity index (χ0n) is 18.7. The first-order chi connectivity index (χ1) is 16.6. The van der Waals surface area contributed by atoms with E-state index in [2.05, 4.69) is 0 Å². The van der Waals surface area contributed by atoms with Gasteiger partial charge in [0.2, 0.25) is 0 Å². The molecule has 3 fully saturated rings. The summed E-state index contributed by atoms with van der Waals surface area (Å²) in [7, 11) is 1.21. The number of aliphatic hydroxyl groups is 10. The van der Waals surface area contributed by atoms with Crippen LogP contribution in [-0.4, -0.2) is 170 Å². The number of ether oxygens (including phenoxy) is 6. The highest BCUT2D eigenvalue weighted by Gasteiger charge is 2.53. The van der Waals surface area contributed by atoms with Crippen LogP contribution < -0.4 is 0 Å². The minimum atomic E-state index is -1.88. The second kappa shape index (κ2) is 12.3. The van der Waals surface area contributed by atoms with E-state index >= 15 is 0 Å². The maximum atomic E-state index is 10.7. The van der Waals surface area contributed by atoms with Gasteiger partial charge in [-0.15, -0.1) is 0 Å². The van der Waals surface area contributed by atoms with Crippen molar-refractivity contribution in [3.63, 3.8) is 0 Å². The van der Waals surface area contributed by atoms with Crippen LogP contribution in [0.1, 0.15) is 0 Å². The molecule has 206 valence electrons. The third-order valence-corrected chi connectivity index (χ3v) is 6.30. The van der Waals surface area contributed by atoms with Crippen molar-refractivity contribution in [1.29, 1.82) is 0 Å². The Balaban J connectivity index is 1.72. The molecule has 3 heterocycles. The number of methoxy groups -OCH3 is 1. The largest absolute Gasteiger partial charge is 0.394 e. The molecule has 0 amide bonds. The van der Waals surface area contributed by atoms with Crippen LogP contribution in [0.3, 0.4) is 0 Å². The fourth-order valence-electron chi connectivity index (χ4n) is 4.24. The molecule has 16 nitrogen and oxygen atoms in total. The first-order valence-corrected chi connectivity index (χ1v) is 11.0. The molecule has 0 unspecified atom stereocenters. The van der Waals surface area contributed by atoms with Gasteiger partial charge in [0.05, 0.1) is 19.8 Å².